The van der Waals surface area contributed by atoms with Crippen molar-refractivity contribution >= 4 is 0 Å². The van der Waals surface area contributed by atoms with Gasteiger partial charge < -0.3 is 0 Å². The van der Waals surface area contributed by atoms with Crippen molar-refractivity contribution in [2.24, 2.45) is 0 Å². The maximum Gasteiger partial charge on any atom is 0.0991 e. The van der Waals surface area contributed by atoms with Crippen LogP contribution in [0, 0.1) is 18.3 Å². The Labute approximate surface area is 96.0 Å². The first kappa shape index (κ1) is 10.4. The minimum Gasteiger partial charge on any atom is -0.192 e. The van der Waals surface area contributed by atoms with Crippen LogP contribution < -0.4 is 0 Å². The summed E-state index contributed by atoms with van der Waals surface area (Å²) in [6.07, 6.45) is 0.813. The molecule has 2 rings (SSSR count). The zero-order valence-corrected chi connectivity index (χ0v) is 8.98. The van der Waals surface area contributed by atoms with Crippen molar-refractivity contribution in [1.29, 1.82) is 5.26 Å². The third kappa shape index (κ3) is 2.12. The van der Waals surface area contributed by atoms with Gasteiger partial charge >= 0.3 is 0 Å². The first-order chi connectivity index (χ1) is 7.83. The molecule has 1 nitrogen and oxygen atoms in total. The van der Waals surface area contributed by atoms with Crippen molar-refractivity contribution < 1.29 is 0 Å². The van der Waals surface area contributed by atoms with Gasteiger partial charge in [0, 0.05) is 0 Å². The Bertz CT molecular complexity index is 501. The van der Waals surface area contributed by atoms with E-state index in [0.717, 1.165) is 12.0 Å². The maximum atomic E-state index is 8.71. The molecule has 0 aromatic heterocycles. The van der Waals surface area contributed by atoms with E-state index >= 15 is 0 Å². The Balaban J connectivity index is 2.32. The van der Waals surface area contributed by atoms with Gasteiger partial charge in [-0.25, -0.2) is 0 Å². The van der Waals surface area contributed by atoms with Crippen molar-refractivity contribution in [3.05, 3.63) is 66.6 Å². The molecule has 0 bridgehead atoms. The lowest BCUT2D eigenvalue weighted by molar-refractivity contribution is 1.27. The van der Waals surface area contributed by atoms with Crippen molar-refractivity contribution in [2.45, 2.75) is 6.42 Å². The molecule has 0 spiro atoms. The normalized spacial score (nSPS) is 9.75. The smallest absolute Gasteiger partial charge is 0.0991 e. The SMILES string of the molecule is [CH2]Cc1ccc(-c2ccc(C#N)cc2)cc1. The summed E-state index contributed by atoms with van der Waals surface area (Å²) >= 11 is 0. The van der Waals surface area contributed by atoms with Crippen LogP contribution in [0.15, 0.2) is 48.5 Å². The average Bonchev–Trinajstić information content (AvgIpc) is 2.39. The Morgan fingerprint density at radius 3 is 1.81 bits per heavy atom. The monoisotopic (exact) mass is 206 g/mol. The van der Waals surface area contributed by atoms with Crippen molar-refractivity contribution in [3.8, 4) is 17.2 Å². The number of rotatable bonds is 2. The van der Waals surface area contributed by atoms with Crippen molar-refractivity contribution in [3.63, 3.8) is 0 Å². The summed E-state index contributed by atoms with van der Waals surface area (Å²) in [7, 11) is 0. The molecule has 16 heavy (non-hydrogen) atoms. The van der Waals surface area contributed by atoms with Crippen molar-refractivity contribution in [2.75, 3.05) is 0 Å². The highest BCUT2D eigenvalue weighted by molar-refractivity contribution is 5.64. The maximum absolute atomic E-state index is 8.71. The van der Waals surface area contributed by atoms with Gasteiger partial charge in [0.25, 0.3) is 0 Å². The lowest BCUT2D eigenvalue weighted by Crippen LogP contribution is -1.82. The minimum atomic E-state index is 0.693. The number of nitrogens with zero attached hydrogens (tertiary/aromatic N) is 1. The molecular weight excluding hydrogens is 194 g/mol. The second kappa shape index (κ2) is 4.63. The topological polar surface area (TPSA) is 23.8 Å². The van der Waals surface area contributed by atoms with Crippen LogP contribution in [0.3, 0.4) is 0 Å². The highest BCUT2D eigenvalue weighted by Crippen LogP contribution is 2.20. The third-order valence-electron chi connectivity index (χ3n) is 2.59. The molecule has 0 fully saturated rings. The molecule has 0 aliphatic carbocycles. The van der Waals surface area contributed by atoms with Crippen LogP contribution >= 0.6 is 0 Å². The van der Waals surface area contributed by atoms with E-state index in [1.807, 2.05) is 24.3 Å². The molecule has 77 valence electrons. The van der Waals surface area contributed by atoms with Gasteiger partial charge in [0.15, 0.2) is 0 Å². The second-order valence-corrected chi connectivity index (χ2v) is 3.64. The fourth-order valence-electron chi connectivity index (χ4n) is 1.60. The molecule has 0 saturated heterocycles. The molecule has 0 amide bonds. The molecule has 0 heterocycles. The van der Waals surface area contributed by atoms with Gasteiger partial charge in [-0.05, 0) is 42.2 Å². The summed E-state index contributed by atoms with van der Waals surface area (Å²) in [6.45, 7) is 3.84. The number of hydrogen-bond donors (Lipinski definition) is 0. The van der Waals surface area contributed by atoms with Gasteiger partial charge in [0.05, 0.1) is 11.6 Å². The van der Waals surface area contributed by atoms with E-state index in [0.29, 0.717) is 5.56 Å². The van der Waals surface area contributed by atoms with Crippen LogP contribution in [-0.4, -0.2) is 0 Å². The molecule has 0 aliphatic heterocycles. The summed E-state index contributed by atoms with van der Waals surface area (Å²) in [5, 5.41) is 8.71. The average molecular weight is 206 g/mol. The largest absolute Gasteiger partial charge is 0.192 e. The Kier molecular flexibility index (Phi) is 3.03. The summed E-state index contributed by atoms with van der Waals surface area (Å²) in [6, 6.07) is 18.1. The zero-order valence-electron chi connectivity index (χ0n) is 8.98. The number of benzene rings is 2. The zero-order chi connectivity index (χ0) is 11.4. The molecule has 2 aromatic rings. The van der Waals surface area contributed by atoms with E-state index in [1.54, 1.807) is 0 Å². The Morgan fingerprint density at radius 2 is 1.38 bits per heavy atom. The number of nitriles is 1. The van der Waals surface area contributed by atoms with E-state index in [4.69, 9.17) is 5.26 Å². The van der Waals surface area contributed by atoms with Crippen LogP contribution in [0.5, 0.6) is 0 Å². The summed E-state index contributed by atoms with van der Waals surface area (Å²) in [4.78, 5) is 0. The van der Waals surface area contributed by atoms with Crippen LogP contribution in [0.1, 0.15) is 11.1 Å². The minimum absolute atomic E-state index is 0.693. The van der Waals surface area contributed by atoms with Crippen LogP contribution in [-0.2, 0) is 6.42 Å². The predicted octanol–water partition coefficient (Wildman–Crippen LogP) is 3.60. The van der Waals surface area contributed by atoms with Gasteiger partial charge in [-0.15, -0.1) is 0 Å². The van der Waals surface area contributed by atoms with Gasteiger partial charge in [0.1, 0.15) is 0 Å². The standard InChI is InChI=1S/C15H12N/c1-2-12-3-7-14(8-4-12)15-9-5-13(11-16)6-10-15/h3-10H,1-2H2. The molecule has 2 aromatic carbocycles. The molecule has 0 aliphatic rings. The predicted molar refractivity (Wildman–Crippen MR) is 65.7 cm³/mol. The fraction of sp³-hybridized carbons (Fsp3) is 0.0667. The highest BCUT2D eigenvalue weighted by Gasteiger charge is 1.97. The first-order valence-electron chi connectivity index (χ1n) is 5.22. The first-order valence-corrected chi connectivity index (χ1v) is 5.22. The van der Waals surface area contributed by atoms with E-state index in [2.05, 4.69) is 37.3 Å². The van der Waals surface area contributed by atoms with Gasteiger partial charge in [0.2, 0.25) is 0 Å². The molecule has 0 atom stereocenters. The summed E-state index contributed by atoms with van der Waals surface area (Å²) in [5.74, 6) is 0. The summed E-state index contributed by atoms with van der Waals surface area (Å²) in [5.41, 5.74) is 4.23. The molecule has 0 saturated carbocycles. The van der Waals surface area contributed by atoms with Crippen LogP contribution in [0.4, 0.5) is 0 Å². The highest BCUT2D eigenvalue weighted by atomic mass is 14.2. The van der Waals surface area contributed by atoms with Gasteiger partial charge in [-0.2, -0.15) is 5.26 Å². The molecule has 0 unspecified atom stereocenters. The molecule has 1 heteroatoms. The van der Waals surface area contributed by atoms with E-state index in [1.165, 1.54) is 11.1 Å². The Hall–Kier alpha value is -2.07. The third-order valence-corrected chi connectivity index (χ3v) is 2.59. The molecular formula is C15H12N. The second-order valence-electron chi connectivity index (χ2n) is 3.64. The summed E-state index contributed by atoms with van der Waals surface area (Å²) < 4.78 is 0. The van der Waals surface area contributed by atoms with Crippen LogP contribution in [0.2, 0.25) is 0 Å². The fourth-order valence-corrected chi connectivity index (χ4v) is 1.60. The van der Waals surface area contributed by atoms with Crippen LogP contribution in [0.25, 0.3) is 11.1 Å². The van der Waals surface area contributed by atoms with E-state index in [-0.39, 0.29) is 0 Å². The molecule has 0 N–H and O–H groups in total. The quantitative estimate of drug-likeness (QED) is 0.736. The lowest BCUT2D eigenvalue weighted by Gasteiger charge is -2.03. The molecule has 1 radical (unpaired) electrons. The Morgan fingerprint density at radius 1 is 0.875 bits per heavy atom. The van der Waals surface area contributed by atoms with Gasteiger partial charge in [-0.3, -0.25) is 0 Å². The van der Waals surface area contributed by atoms with E-state index < -0.39 is 0 Å². The van der Waals surface area contributed by atoms with E-state index in [9.17, 15) is 0 Å². The lowest BCUT2D eigenvalue weighted by atomic mass is 10.0. The van der Waals surface area contributed by atoms with Gasteiger partial charge in [-0.1, -0.05) is 36.4 Å². The van der Waals surface area contributed by atoms with Crippen molar-refractivity contribution in [1.82, 2.24) is 0 Å². The number of hydrogen-bond acceptors (Lipinski definition) is 1.